The molecular formula is C8H6BrN3O. The molecule has 0 saturated heterocycles. The van der Waals surface area contributed by atoms with Gasteiger partial charge in [-0.2, -0.15) is 4.98 Å². The normalized spacial score (nSPS) is 10.2. The summed E-state index contributed by atoms with van der Waals surface area (Å²) >= 11 is 3.33. The van der Waals surface area contributed by atoms with Gasteiger partial charge in [-0.25, -0.2) is 0 Å². The summed E-state index contributed by atoms with van der Waals surface area (Å²) in [7, 11) is 0. The predicted octanol–water partition coefficient (Wildman–Crippen LogP) is 2.08. The maximum atomic E-state index is 5.65. The smallest absolute Gasteiger partial charge is 0.214 e. The molecule has 2 aromatic rings. The molecule has 0 atom stereocenters. The third-order valence-electron chi connectivity index (χ3n) is 1.54. The Bertz CT molecular complexity index is 393. The van der Waals surface area contributed by atoms with E-state index >= 15 is 0 Å². The maximum Gasteiger partial charge on any atom is 0.214 e. The Morgan fingerprint density at radius 3 is 2.77 bits per heavy atom. The van der Waals surface area contributed by atoms with E-state index in [1.807, 2.05) is 12.1 Å². The molecule has 0 amide bonds. The minimum Gasteiger partial charge on any atom is -0.399 e. The number of hydrogen-bond donors (Lipinski definition) is 1. The highest BCUT2D eigenvalue weighted by Gasteiger charge is 2.04. The third-order valence-corrected chi connectivity index (χ3v) is 2.00. The minimum absolute atomic E-state index is 0.535. The quantitative estimate of drug-likeness (QED) is 0.775. The number of nitrogen functional groups attached to an aromatic ring is 1. The zero-order valence-electron chi connectivity index (χ0n) is 6.57. The molecule has 5 heteroatoms. The number of hydrogen-bond acceptors (Lipinski definition) is 4. The molecule has 1 aromatic carbocycles. The molecule has 1 heterocycles. The van der Waals surface area contributed by atoms with Crippen LogP contribution in [0.1, 0.15) is 0 Å². The van der Waals surface area contributed by atoms with E-state index in [2.05, 4.69) is 30.6 Å². The Morgan fingerprint density at radius 2 is 2.15 bits per heavy atom. The van der Waals surface area contributed by atoms with Crippen LogP contribution >= 0.6 is 15.9 Å². The Labute approximate surface area is 82.9 Å². The van der Waals surface area contributed by atoms with Crippen molar-refractivity contribution in [1.82, 2.24) is 10.1 Å². The Hall–Kier alpha value is -1.36. The predicted molar refractivity (Wildman–Crippen MR) is 51.8 cm³/mol. The van der Waals surface area contributed by atoms with Crippen LogP contribution in [-0.4, -0.2) is 10.1 Å². The lowest BCUT2D eigenvalue weighted by Crippen LogP contribution is -1.87. The van der Waals surface area contributed by atoms with Crippen LogP contribution in [0.3, 0.4) is 0 Å². The average Bonchev–Trinajstić information content (AvgIpc) is 2.53. The van der Waals surface area contributed by atoms with Gasteiger partial charge in [0.1, 0.15) is 0 Å². The van der Waals surface area contributed by atoms with Crippen molar-refractivity contribution in [3.8, 4) is 11.4 Å². The van der Waals surface area contributed by atoms with E-state index in [1.54, 1.807) is 6.07 Å². The molecular weight excluding hydrogens is 234 g/mol. The molecule has 0 unspecified atom stereocenters. The van der Waals surface area contributed by atoms with Crippen LogP contribution in [0.15, 0.2) is 33.6 Å². The van der Waals surface area contributed by atoms with Crippen molar-refractivity contribution < 1.29 is 4.52 Å². The molecule has 0 bridgehead atoms. The first-order valence-corrected chi connectivity index (χ1v) is 4.38. The van der Waals surface area contributed by atoms with E-state index in [9.17, 15) is 0 Å². The minimum atomic E-state index is 0.535. The van der Waals surface area contributed by atoms with Gasteiger partial charge in [-0.1, -0.05) is 21.1 Å². The van der Waals surface area contributed by atoms with E-state index in [0.29, 0.717) is 11.5 Å². The monoisotopic (exact) mass is 239 g/mol. The van der Waals surface area contributed by atoms with Crippen LogP contribution in [-0.2, 0) is 0 Å². The van der Waals surface area contributed by atoms with Gasteiger partial charge in [0.2, 0.25) is 12.2 Å². The molecule has 0 fully saturated rings. The number of aromatic nitrogens is 2. The van der Waals surface area contributed by atoms with Crippen molar-refractivity contribution in [3.63, 3.8) is 0 Å². The van der Waals surface area contributed by atoms with Gasteiger partial charge in [0.05, 0.1) is 0 Å². The second-order valence-electron chi connectivity index (χ2n) is 2.53. The topological polar surface area (TPSA) is 64.9 Å². The molecule has 0 spiro atoms. The summed E-state index contributed by atoms with van der Waals surface area (Å²) in [6, 6.07) is 5.47. The Morgan fingerprint density at radius 1 is 1.31 bits per heavy atom. The molecule has 4 nitrogen and oxygen atoms in total. The Balaban J connectivity index is 2.53. The van der Waals surface area contributed by atoms with Crippen LogP contribution < -0.4 is 5.73 Å². The van der Waals surface area contributed by atoms with Gasteiger partial charge < -0.3 is 10.3 Å². The lowest BCUT2D eigenvalue weighted by Gasteiger charge is -1.98. The zero-order chi connectivity index (χ0) is 9.26. The molecule has 0 aliphatic carbocycles. The summed E-state index contributed by atoms with van der Waals surface area (Å²) in [4.78, 5) is 3.91. The van der Waals surface area contributed by atoms with E-state index in [4.69, 9.17) is 5.73 Å². The molecule has 1 aromatic heterocycles. The van der Waals surface area contributed by atoms with Crippen molar-refractivity contribution in [2.45, 2.75) is 0 Å². The first-order chi connectivity index (χ1) is 6.25. The van der Waals surface area contributed by atoms with Crippen molar-refractivity contribution >= 4 is 21.6 Å². The molecule has 0 aliphatic heterocycles. The number of nitrogens with zero attached hydrogens (tertiary/aromatic N) is 2. The van der Waals surface area contributed by atoms with Crippen LogP contribution in [0.4, 0.5) is 5.69 Å². The first kappa shape index (κ1) is 8.25. The van der Waals surface area contributed by atoms with E-state index in [-0.39, 0.29) is 0 Å². The Kier molecular flexibility index (Phi) is 2.02. The van der Waals surface area contributed by atoms with E-state index in [0.717, 1.165) is 10.0 Å². The van der Waals surface area contributed by atoms with E-state index < -0.39 is 0 Å². The fraction of sp³-hybridized carbons (Fsp3) is 0. The summed E-state index contributed by atoms with van der Waals surface area (Å²) in [5.74, 6) is 0.535. The van der Waals surface area contributed by atoms with E-state index in [1.165, 1.54) is 6.39 Å². The fourth-order valence-electron chi connectivity index (χ4n) is 1.04. The first-order valence-electron chi connectivity index (χ1n) is 3.58. The second kappa shape index (κ2) is 3.18. The summed E-state index contributed by atoms with van der Waals surface area (Å²) in [5.41, 5.74) is 7.14. The van der Waals surface area contributed by atoms with Crippen molar-refractivity contribution in [3.05, 3.63) is 29.1 Å². The summed E-state index contributed by atoms with van der Waals surface area (Å²) in [6.07, 6.45) is 1.28. The average molecular weight is 240 g/mol. The summed E-state index contributed by atoms with van der Waals surface area (Å²) in [6.45, 7) is 0. The summed E-state index contributed by atoms with van der Waals surface area (Å²) < 4.78 is 5.53. The highest BCUT2D eigenvalue weighted by Crippen LogP contribution is 2.23. The second-order valence-corrected chi connectivity index (χ2v) is 3.44. The molecule has 0 aliphatic rings. The van der Waals surface area contributed by atoms with Gasteiger partial charge >= 0.3 is 0 Å². The molecule has 2 rings (SSSR count). The molecule has 66 valence electrons. The molecule has 13 heavy (non-hydrogen) atoms. The third kappa shape index (κ3) is 1.70. The van der Waals surface area contributed by atoms with Crippen molar-refractivity contribution in [2.24, 2.45) is 0 Å². The van der Waals surface area contributed by atoms with Gasteiger partial charge in [0, 0.05) is 15.7 Å². The standard InChI is InChI=1S/C8H6BrN3O/c9-6-1-5(2-7(10)3-6)8-11-4-13-12-8/h1-4H,10H2. The van der Waals surface area contributed by atoms with Crippen molar-refractivity contribution in [2.75, 3.05) is 5.73 Å². The lowest BCUT2D eigenvalue weighted by molar-refractivity contribution is 0.419. The lowest BCUT2D eigenvalue weighted by atomic mass is 10.2. The maximum absolute atomic E-state index is 5.65. The highest BCUT2D eigenvalue weighted by molar-refractivity contribution is 9.10. The van der Waals surface area contributed by atoms with Gasteiger partial charge in [0.25, 0.3) is 0 Å². The number of halogens is 1. The highest BCUT2D eigenvalue weighted by atomic mass is 79.9. The van der Waals surface area contributed by atoms with Crippen LogP contribution in [0, 0.1) is 0 Å². The van der Waals surface area contributed by atoms with Gasteiger partial charge in [0.15, 0.2) is 0 Å². The van der Waals surface area contributed by atoms with Crippen LogP contribution in [0.25, 0.3) is 11.4 Å². The van der Waals surface area contributed by atoms with Crippen molar-refractivity contribution in [1.29, 1.82) is 0 Å². The summed E-state index contributed by atoms with van der Waals surface area (Å²) in [5, 5.41) is 3.71. The SMILES string of the molecule is Nc1cc(Br)cc(-c2ncon2)c1. The van der Waals surface area contributed by atoms with Gasteiger partial charge in [-0.15, -0.1) is 0 Å². The zero-order valence-corrected chi connectivity index (χ0v) is 8.15. The number of nitrogens with two attached hydrogens (primary N) is 1. The molecule has 0 saturated carbocycles. The molecule has 0 radical (unpaired) electrons. The number of benzene rings is 1. The van der Waals surface area contributed by atoms with Gasteiger partial charge in [-0.3, -0.25) is 0 Å². The number of anilines is 1. The van der Waals surface area contributed by atoms with Crippen LogP contribution in [0.2, 0.25) is 0 Å². The largest absolute Gasteiger partial charge is 0.399 e. The molecule has 2 N–H and O–H groups in total. The van der Waals surface area contributed by atoms with Gasteiger partial charge in [-0.05, 0) is 18.2 Å². The van der Waals surface area contributed by atoms with Crippen LogP contribution in [0.5, 0.6) is 0 Å². The fourth-order valence-corrected chi connectivity index (χ4v) is 1.55. The number of rotatable bonds is 1.